The number of benzene rings is 2. The van der Waals surface area contributed by atoms with Crippen LogP contribution in [0.1, 0.15) is 70.3 Å². The number of ketones is 1. The summed E-state index contributed by atoms with van der Waals surface area (Å²) in [6.45, 7) is 12.9. The molecule has 2 N–H and O–H groups in total. The van der Waals surface area contributed by atoms with Gasteiger partial charge < -0.3 is 15.2 Å². The van der Waals surface area contributed by atoms with Crippen LogP contribution >= 0.6 is 0 Å². The molecule has 0 spiro atoms. The van der Waals surface area contributed by atoms with E-state index in [9.17, 15) is 9.90 Å². The molecule has 30 heavy (non-hydrogen) atoms. The molecular formula is C26H43NO3. The number of Topliss-reactive ketones (excluding diaryl/α,β-unsaturated/α-hetero) is 1. The van der Waals surface area contributed by atoms with Crippen molar-refractivity contribution in [2.24, 2.45) is 0 Å². The van der Waals surface area contributed by atoms with Gasteiger partial charge in [-0.05, 0) is 31.2 Å². The molecule has 0 fully saturated rings. The van der Waals surface area contributed by atoms with Gasteiger partial charge >= 0.3 is 0 Å². The molecule has 1 unspecified atom stereocenters. The Morgan fingerprint density at radius 1 is 0.967 bits per heavy atom. The highest BCUT2D eigenvalue weighted by Gasteiger charge is 2.13. The Labute approximate surface area is 184 Å². The Kier molecular flexibility index (Phi) is 21.6. The summed E-state index contributed by atoms with van der Waals surface area (Å²) >= 11 is 0. The number of rotatable bonds is 9. The van der Waals surface area contributed by atoms with Gasteiger partial charge in [-0.1, -0.05) is 90.4 Å². The average Bonchev–Trinajstić information content (AvgIpc) is 2.80. The van der Waals surface area contributed by atoms with Crippen molar-refractivity contribution >= 4 is 5.78 Å². The second-order valence-corrected chi connectivity index (χ2v) is 6.13. The van der Waals surface area contributed by atoms with Crippen molar-refractivity contribution in [2.75, 3.05) is 20.2 Å². The van der Waals surface area contributed by atoms with Crippen LogP contribution in [0.25, 0.3) is 0 Å². The maximum absolute atomic E-state index is 12.5. The quantitative estimate of drug-likeness (QED) is 0.497. The van der Waals surface area contributed by atoms with Crippen LogP contribution in [0.15, 0.2) is 54.6 Å². The summed E-state index contributed by atoms with van der Waals surface area (Å²) in [5.41, 5.74) is 1.71. The molecule has 0 aliphatic heterocycles. The van der Waals surface area contributed by atoms with E-state index in [0.29, 0.717) is 30.7 Å². The lowest BCUT2D eigenvalue weighted by Crippen LogP contribution is -2.29. The first-order valence-corrected chi connectivity index (χ1v) is 11.2. The Hall–Kier alpha value is -2.17. The van der Waals surface area contributed by atoms with Gasteiger partial charge in [0, 0.05) is 13.0 Å². The third-order valence-corrected chi connectivity index (χ3v) is 3.54. The number of ether oxygens (including phenoxy) is 1. The lowest BCUT2D eigenvalue weighted by molar-refractivity contribution is 0.0953. The second kappa shape index (κ2) is 21.5. The molecule has 0 radical (unpaired) electrons. The van der Waals surface area contributed by atoms with Crippen molar-refractivity contribution in [3.63, 3.8) is 0 Å². The minimum atomic E-state index is -0.604. The molecular weight excluding hydrogens is 374 g/mol. The molecule has 0 saturated heterocycles. The maximum Gasteiger partial charge on any atom is 0.166 e. The Balaban J connectivity index is 0. The summed E-state index contributed by atoms with van der Waals surface area (Å²) in [5, 5.41) is 12.6. The SMILES string of the molecule is CC.CC.CCC.CNCC(O)COc1ccccc1C(=O)CCc1ccccc1. The van der Waals surface area contributed by atoms with E-state index < -0.39 is 6.10 Å². The molecule has 170 valence electrons. The van der Waals surface area contributed by atoms with Crippen LogP contribution in [-0.4, -0.2) is 37.2 Å². The number of aliphatic hydroxyl groups is 1. The molecule has 4 nitrogen and oxygen atoms in total. The minimum Gasteiger partial charge on any atom is -0.490 e. The third-order valence-electron chi connectivity index (χ3n) is 3.54. The van der Waals surface area contributed by atoms with Crippen LogP contribution in [0.2, 0.25) is 0 Å². The number of hydrogen-bond acceptors (Lipinski definition) is 4. The summed E-state index contributed by atoms with van der Waals surface area (Å²) in [7, 11) is 1.77. The molecule has 1 atom stereocenters. The molecule has 0 aliphatic rings. The average molecular weight is 418 g/mol. The Morgan fingerprint density at radius 2 is 1.50 bits per heavy atom. The fourth-order valence-electron chi connectivity index (χ4n) is 2.34. The first-order chi connectivity index (χ1) is 14.6. The normalized spacial score (nSPS) is 10.1. The number of carbonyl (C=O) groups excluding carboxylic acids is 1. The number of nitrogens with one attached hydrogen (secondary N) is 1. The van der Waals surface area contributed by atoms with Gasteiger partial charge in [0.1, 0.15) is 18.5 Å². The van der Waals surface area contributed by atoms with Crippen LogP contribution in [0.5, 0.6) is 5.75 Å². The van der Waals surface area contributed by atoms with E-state index in [4.69, 9.17) is 4.74 Å². The molecule has 2 aromatic rings. The van der Waals surface area contributed by atoms with E-state index in [0.717, 1.165) is 5.56 Å². The molecule has 2 rings (SSSR count). The van der Waals surface area contributed by atoms with Crippen LogP contribution in [0.3, 0.4) is 0 Å². The number of likely N-dealkylation sites (N-methyl/N-ethyl adjacent to an activating group) is 1. The van der Waals surface area contributed by atoms with Gasteiger partial charge in [-0.25, -0.2) is 0 Å². The van der Waals surface area contributed by atoms with Gasteiger partial charge in [-0.2, -0.15) is 0 Å². The summed E-state index contributed by atoms with van der Waals surface area (Å²) in [6.07, 6.45) is 1.78. The largest absolute Gasteiger partial charge is 0.490 e. The van der Waals surface area contributed by atoms with Crippen LogP contribution in [0, 0.1) is 0 Å². The highest BCUT2D eigenvalue weighted by atomic mass is 16.5. The van der Waals surface area contributed by atoms with Crippen molar-refractivity contribution in [3.8, 4) is 5.75 Å². The molecule has 0 aliphatic carbocycles. The molecule has 4 heteroatoms. The second-order valence-electron chi connectivity index (χ2n) is 6.13. The molecule has 2 aromatic carbocycles. The van der Waals surface area contributed by atoms with Crippen LogP contribution < -0.4 is 10.1 Å². The Bertz CT molecular complexity index is 629. The number of aryl methyl sites for hydroxylation is 1. The zero-order chi connectivity index (χ0) is 23.2. The fourth-order valence-corrected chi connectivity index (χ4v) is 2.34. The lowest BCUT2D eigenvalue weighted by Gasteiger charge is -2.14. The van der Waals surface area contributed by atoms with E-state index in [2.05, 4.69) is 19.2 Å². The van der Waals surface area contributed by atoms with Crippen molar-refractivity contribution in [2.45, 2.75) is 66.9 Å². The summed E-state index contributed by atoms with van der Waals surface area (Å²) in [4.78, 5) is 12.5. The summed E-state index contributed by atoms with van der Waals surface area (Å²) < 4.78 is 5.61. The maximum atomic E-state index is 12.5. The molecule has 0 amide bonds. The highest BCUT2D eigenvalue weighted by Crippen LogP contribution is 2.20. The molecule has 0 bridgehead atoms. The first kappa shape index (κ1) is 30.0. The lowest BCUT2D eigenvalue weighted by atomic mass is 10.0. The van der Waals surface area contributed by atoms with E-state index >= 15 is 0 Å². The number of para-hydroxylation sites is 1. The van der Waals surface area contributed by atoms with Gasteiger partial charge in [-0.15, -0.1) is 0 Å². The fraction of sp³-hybridized carbons (Fsp3) is 0.500. The third kappa shape index (κ3) is 13.9. The molecule has 0 aromatic heterocycles. The monoisotopic (exact) mass is 417 g/mol. The van der Waals surface area contributed by atoms with Gasteiger partial charge in [0.15, 0.2) is 5.78 Å². The number of carbonyl (C=O) groups is 1. The summed E-state index contributed by atoms with van der Waals surface area (Å²) in [6, 6.07) is 17.1. The van der Waals surface area contributed by atoms with Crippen molar-refractivity contribution in [3.05, 3.63) is 65.7 Å². The summed E-state index contributed by atoms with van der Waals surface area (Å²) in [5.74, 6) is 0.577. The predicted molar refractivity (Wildman–Crippen MR) is 130 cm³/mol. The standard InChI is InChI=1S/C19H23NO3.C3H8.2C2H6/c1-20-13-16(21)14-23-19-10-6-5-9-17(19)18(22)12-11-15-7-3-2-4-8-15;1-3-2;2*1-2/h2-10,16,20-21H,11-14H2,1H3;3H2,1-2H3;2*1-2H3. The zero-order valence-electron chi connectivity index (χ0n) is 20.1. The smallest absolute Gasteiger partial charge is 0.166 e. The van der Waals surface area contributed by atoms with E-state index in [1.165, 1.54) is 6.42 Å². The molecule has 0 saturated carbocycles. The van der Waals surface area contributed by atoms with Crippen molar-refractivity contribution < 1.29 is 14.6 Å². The zero-order valence-corrected chi connectivity index (χ0v) is 20.1. The first-order valence-electron chi connectivity index (χ1n) is 11.2. The van der Waals surface area contributed by atoms with Gasteiger partial charge in [-0.3, -0.25) is 4.79 Å². The minimum absolute atomic E-state index is 0.0487. The van der Waals surface area contributed by atoms with Gasteiger partial charge in [0.2, 0.25) is 0 Å². The number of hydrogen-bond donors (Lipinski definition) is 2. The van der Waals surface area contributed by atoms with Crippen molar-refractivity contribution in [1.82, 2.24) is 5.32 Å². The Morgan fingerprint density at radius 3 is 2.07 bits per heavy atom. The topological polar surface area (TPSA) is 58.6 Å². The van der Waals surface area contributed by atoms with Crippen LogP contribution in [0.4, 0.5) is 0 Å². The highest BCUT2D eigenvalue weighted by molar-refractivity contribution is 5.98. The molecule has 0 heterocycles. The number of aliphatic hydroxyl groups excluding tert-OH is 1. The van der Waals surface area contributed by atoms with Crippen LogP contribution in [-0.2, 0) is 6.42 Å². The van der Waals surface area contributed by atoms with E-state index in [-0.39, 0.29) is 12.4 Å². The predicted octanol–water partition coefficient (Wildman–Crippen LogP) is 5.93. The van der Waals surface area contributed by atoms with Gasteiger partial charge in [0.05, 0.1) is 5.56 Å². The van der Waals surface area contributed by atoms with E-state index in [1.807, 2.05) is 70.2 Å². The van der Waals surface area contributed by atoms with E-state index in [1.54, 1.807) is 19.2 Å². The van der Waals surface area contributed by atoms with Gasteiger partial charge in [0.25, 0.3) is 0 Å². The van der Waals surface area contributed by atoms with Crippen molar-refractivity contribution in [1.29, 1.82) is 0 Å².